The van der Waals surface area contributed by atoms with Crippen LogP contribution in [-0.2, 0) is 16.1 Å². The summed E-state index contributed by atoms with van der Waals surface area (Å²) in [6, 6.07) is 5.28. The van der Waals surface area contributed by atoms with Crippen LogP contribution in [0.5, 0.6) is 0 Å². The molecule has 1 amide bonds. The number of nitrogens with zero attached hydrogens (tertiary/aromatic N) is 2. The number of aliphatic carboxylic acids is 1. The summed E-state index contributed by atoms with van der Waals surface area (Å²) in [4.78, 5) is 26.5. The molecule has 2 N–H and O–H groups in total. The fourth-order valence-corrected chi connectivity index (χ4v) is 2.80. The zero-order chi connectivity index (χ0) is 15.4. The highest BCUT2D eigenvalue weighted by Crippen LogP contribution is 2.26. The SMILES string of the molecule is CNC(=O)CCn1c(SCC(=O)O)nc2cc(Cl)ccc21. The third kappa shape index (κ3) is 3.89. The number of benzene rings is 1. The average molecular weight is 328 g/mol. The summed E-state index contributed by atoms with van der Waals surface area (Å²) in [5, 5.41) is 12.5. The highest BCUT2D eigenvalue weighted by molar-refractivity contribution is 7.99. The molecule has 0 spiro atoms. The van der Waals surface area contributed by atoms with Crippen LogP contribution in [0.4, 0.5) is 0 Å². The van der Waals surface area contributed by atoms with Crippen molar-refractivity contribution in [2.24, 2.45) is 0 Å². The fraction of sp³-hybridized carbons (Fsp3) is 0.308. The van der Waals surface area contributed by atoms with Crippen molar-refractivity contribution in [3.05, 3.63) is 23.2 Å². The first-order valence-electron chi connectivity index (χ1n) is 6.22. The second-order valence-electron chi connectivity index (χ2n) is 4.28. The molecule has 0 fully saturated rings. The molecule has 1 aromatic carbocycles. The van der Waals surface area contributed by atoms with Crippen LogP contribution in [0, 0.1) is 0 Å². The van der Waals surface area contributed by atoms with Crippen molar-refractivity contribution in [3.8, 4) is 0 Å². The number of aromatic nitrogens is 2. The van der Waals surface area contributed by atoms with Gasteiger partial charge in [0.2, 0.25) is 5.91 Å². The molecule has 2 rings (SSSR count). The van der Waals surface area contributed by atoms with Crippen LogP contribution in [0.15, 0.2) is 23.4 Å². The normalized spacial score (nSPS) is 10.8. The van der Waals surface area contributed by atoms with Gasteiger partial charge in [-0.25, -0.2) is 4.98 Å². The Labute approximate surface area is 130 Å². The van der Waals surface area contributed by atoms with E-state index in [1.807, 2.05) is 10.6 Å². The predicted molar refractivity (Wildman–Crippen MR) is 81.8 cm³/mol. The van der Waals surface area contributed by atoms with Crippen molar-refractivity contribution in [1.29, 1.82) is 0 Å². The van der Waals surface area contributed by atoms with Gasteiger partial charge in [-0.3, -0.25) is 9.59 Å². The monoisotopic (exact) mass is 327 g/mol. The highest BCUT2D eigenvalue weighted by atomic mass is 35.5. The Balaban J connectivity index is 2.34. The number of nitrogens with one attached hydrogen (secondary N) is 1. The van der Waals surface area contributed by atoms with Crippen molar-refractivity contribution in [2.45, 2.75) is 18.1 Å². The number of amides is 1. The molecule has 0 radical (unpaired) electrons. The van der Waals surface area contributed by atoms with Crippen molar-refractivity contribution >= 4 is 46.3 Å². The topological polar surface area (TPSA) is 84.2 Å². The number of aryl methyl sites for hydroxylation is 1. The van der Waals surface area contributed by atoms with Gasteiger partial charge in [-0.2, -0.15) is 0 Å². The molecular formula is C13H14ClN3O3S. The smallest absolute Gasteiger partial charge is 0.313 e. The van der Waals surface area contributed by atoms with Crippen molar-refractivity contribution in [2.75, 3.05) is 12.8 Å². The number of imidazole rings is 1. The fourth-order valence-electron chi connectivity index (χ4n) is 1.87. The van der Waals surface area contributed by atoms with E-state index >= 15 is 0 Å². The zero-order valence-corrected chi connectivity index (χ0v) is 12.9. The molecule has 2 aromatic rings. The number of carbonyl (C=O) groups excluding carboxylic acids is 1. The summed E-state index contributed by atoms with van der Waals surface area (Å²) in [7, 11) is 1.58. The van der Waals surface area contributed by atoms with E-state index in [-0.39, 0.29) is 11.7 Å². The van der Waals surface area contributed by atoms with Gasteiger partial charge < -0.3 is 15.0 Å². The van der Waals surface area contributed by atoms with E-state index in [9.17, 15) is 9.59 Å². The summed E-state index contributed by atoms with van der Waals surface area (Å²) in [6.45, 7) is 0.430. The number of rotatable bonds is 6. The zero-order valence-electron chi connectivity index (χ0n) is 11.3. The van der Waals surface area contributed by atoms with Gasteiger partial charge in [0.25, 0.3) is 0 Å². The molecule has 1 heterocycles. The molecule has 0 aliphatic carbocycles. The molecule has 0 saturated heterocycles. The average Bonchev–Trinajstić information content (AvgIpc) is 2.79. The number of carboxylic acid groups (broad SMARTS) is 1. The number of carbonyl (C=O) groups is 2. The van der Waals surface area contributed by atoms with Gasteiger partial charge in [0.05, 0.1) is 16.8 Å². The third-order valence-electron chi connectivity index (χ3n) is 2.84. The third-order valence-corrected chi connectivity index (χ3v) is 4.04. The van der Waals surface area contributed by atoms with Gasteiger partial charge in [-0.15, -0.1) is 0 Å². The van der Waals surface area contributed by atoms with Crippen LogP contribution in [0.2, 0.25) is 5.02 Å². The summed E-state index contributed by atoms with van der Waals surface area (Å²) in [6.07, 6.45) is 0.297. The molecule has 0 atom stereocenters. The van der Waals surface area contributed by atoms with E-state index < -0.39 is 5.97 Å². The number of hydrogen-bond donors (Lipinski definition) is 2. The summed E-state index contributed by atoms with van der Waals surface area (Å²) in [5.74, 6) is -1.08. The Bertz CT molecular complexity index is 687. The van der Waals surface area contributed by atoms with Gasteiger partial charge in [0.1, 0.15) is 0 Å². The Morgan fingerprint density at radius 1 is 1.48 bits per heavy atom. The minimum absolute atomic E-state index is 0.0833. The number of hydrogen-bond acceptors (Lipinski definition) is 4. The molecule has 0 unspecified atom stereocenters. The van der Waals surface area contributed by atoms with Crippen LogP contribution in [0.25, 0.3) is 11.0 Å². The molecule has 8 heteroatoms. The Morgan fingerprint density at radius 3 is 2.90 bits per heavy atom. The maximum Gasteiger partial charge on any atom is 0.313 e. The van der Waals surface area contributed by atoms with Crippen LogP contribution < -0.4 is 5.32 Å². The maximum atomic E-state index is 11.4. The molecule has 0 aliphatic heterocycles. The van der Waals surface area contributed by atoms with E-state index in [1.165, 1.54) is 0 Å². The quantitative estimate of drug-likeness (QED) is 0.793. The molecule has 1 aromatic heterocycles. The van der Waals surface area contributed by atoms with Crippen LogP contribution >= 0.6 is 23.4 Å². The van der Waals surface area contributed by atoms with Crippen LogP contribution in [-0.4, -0.2) is 39.3 Å². The molecule has 6 nitrogen and oxygen atoms in total. The molecule has 0 bridgehead atoms. The van der Waals surface area contributed by atoms with E-state index in [0.717, 1.165) is 17.3 Å². The predicted octanol–water partition coefficient (Wildman–Crippen LogP) is 2.00. The standard InChI is InChI=1S/C13H14ClN3O3S/c1-15-11(18)4-5-17-10-3-2-8(14)6-9(10)16-13(17)21-7-12(19)20/h2-3,6H,4-5,7H2,1H3,(H,15,18)(H,19,20). The maximum absolute atomic E-state index is 11.4. The molecule has 112 valence electrons. The van der Waals surface area contributed by atoms with Crippen LogP contribution in [0.1, 0.15) is 6.42 Å². The lowest BCUT2D eigenvalue weighted by molar-refractivity contribution is -0.134. The summed E-state index contributed by atoms with van der Waals surface area (Å²) in [5.41, 5.74) is 1.52. The van der Waals surface area contributed by atoms with Crippen molar-refractivity contribution in [1.82, 2.24) is 14.9 Å². The first kappa shape index (κ1) is 15.7. The van der Waals surface area contributed by atoms with E-state index in [4.69, 9.17) is 16.7 Å². The first-order valence-corrected chi connectivity index (χ1v) is 7.58. The van der Waals surface area contributed by atoms with Gasteiger partial charge in [-0.1, -0.05) is 23.4 Å². The lowest BCUT2D eigenvalue weighted by atomic mass is 10.3. The van der Waals surface area contributed by atoms with Crippen molar-refractivity contribution < 1.29 is 14.7 Å². The van der Waals surface area contributed by atoms with E-state index in [2.05, 4.69) is 10.3 Å². The molecule has 21 heavy (non-hydrogen) atoms. The van der Waals surface area contributed by atoms with Gasteiger partial charge in [-0.05, 0) is 18.2 Å². The van der Waals surface area contributed by atoms with Crippen molar-refractivity contribution in [3.63, 3.8) is 0 Å². The lowest BCUT2D eigenvalue weighted by Crippen LogP contribution is -2.19. The van der Waals surface area contributed by atoms with Gasteiger partial charge in [0.15, 0.2) is 5.16 Å². The Kier molecular flexibility index (Phi) is 5.08. The number of thioether (sulfide) groups is 1. The van der Waals surface area contributed by atoms with E-state index in [1.54, 1.807) is 19.2 Å². The highest BCUT2D eigenvalue weighted by Gasteiger charge is 2.14. The Morgan fingerprint density at radius 2 is 2.24 bits per heavy atom. The molecule has 0 saturated carbocycles. The summed E-state index contributed by atoms with van der Waals surface area (Å²) < 4.78 is 1.84. The first-order chi connectivity index (χ1) is 10.0. The van der Waals surface area contributed by atoms with Gasteiger partial charge in [0, 0.05) is 25.0 Å². The number of fused-ring (bicyclic) bond motifs is 1. The number of halogens is 1. The molecular weight excluding hydrogens is 314 g/mol. The Hall–Kier alpha value is -1.73. The number of carboxylic acids is 1. The second-order valence-corrected chi connectivity index (χ2v) is 5.66. The van der Waals surface area contributed by atoms with E-state index in [0.29, 0.717) is 28.7 Å². The second kappa shape index (κ2) is 6.82. The lowest BCUT2D eigenvalue weighted by Gasteiger charge is -2.07. The minimum Gasteiger partial charge on any atom is -0.481 e. The molecule has 0 aliphatic rings. The minimum atomic E-state index is -0.914. The van der Waals surface area contributed by atoms with Crippen LogP contribution in [0.3, 0.4) is 0 Å². The largest absolute Gasteiger partial charge is 0.481 e. The van der Waals surface area contributed by atoms with Gasteiger partial charge >= 0.3 is 5.97 Å². The summed E-state index contributed by atoms with van der Waals surface area (Å²) >= 11 is 7.07.